The van der Waals surface area contributed by atoms with Crippen molar-refractivity contribution in [2.75, 3.05) is 6.54 Å². The summed E-state index contributed by atoms with van der Waals surface area (Å²) in [6, 6.07) is 8.91. The Bertz CT molecular complexity index is 322. The molecule has 1 aromatic carbocycles. The lowest BCUT2D eigenvalue weighted by Crippen LogP contribution is -1.96. The van der Waals surface area contributed by atoms with Crippen LogP contribution in [0.1, 0.15) is 44.2 Å². The number of hydrogen-bond donors (Lipinski definition) is 1. The second-order valence-electron chi connectivity index (χ2n) is 4.26. The Balaban J connectivity index is 2.62. The SMILES string of the molecule is CCCc1ccc(/C(C)=C/CCCN)cc1. The van der Waals surface area contributed by atoms with E-state index in [9.17, 15) is 0 Å². The molecule has 0 saturated heterocycles. The van der Waals surface area contributed by atoms with E-state index < -0.39 is 0 Å². The van der Waals surface area contributed by atoms with Crippen molar-refractivity contribution in [2.45, 2.75) is 39.5 Å². The number of hydrogen-bond acceptors (Lipinski definition) is 1. The number of benzene rings is 1. The average molecular weight is 217 g/mol. The molecule has 0 atom stereocenters. The molecule has 1 rings (SSSR count). The quantitative estimate of drug-likeness (QED) is 0.721. The highest BCUT2D eigenvalue weighted by Gasteiger charge is 1.96. The molecule has 88 valence electrons. The van der Waals surface area contributed by atoms with E-state index in [0.29, 0.717) is 0 Å². The van der Waals surface area contributed by atoms with Gasteiger partial charge in [0.2, 0.25) is 0 Å². The van der Waals surface area contributed by atoms with Crippen LogP contribution in [-0.2, 0) is 6.42 Å². The normalized spacial score (nSPS) is 11.8. The van der Waals surface area contributed by atoms with Crippen molar-refractivity contribution < 1.29 is 0 Å². The molecule has 0 aliphatic carbocycles. The van der Waals surface area contributed by atoms with Crippen molar-refractivity contribution in [3.05, 3.63) is 41.5 Å². The molecule has 0 aliphatic heterocycles. The molecule has 1 heteroatoms. The molecular weight excluding hydrogens is 194 g/mol. The summed E-state index contributed by atoms with van der Waals surface area (Å²) in [6.45, 7) is 5.16. The first-order valence-electron chi connectivity index (χ1n) is 6.24. The van der Waals surface area contributed by atoms with Crippen LogP contribution in [0.25, 0.3) is 5.57 Å². The minimum atomic E-state index is 0.777. The summed E-state index contributed by atoms with van der Waals surface area (Å²) < 4.78 is 0. The monoisotopic (exact) mass is 217 g/mol. The third-order valence-corrected chi connectivity index (χ3v) is 2.81. The summed E-state index contributed by atoms with van der Waals surface area (Å²) in [4.78, 5) is 0. The summed E-state index contributed by atoms with van der Waals surface area (Å²) in [5, 5.41) is 0. The minimum absolute atomic E-state index is 0.777. The lowest BCUT2D eigenvalue weighted by molar-refractivity contribution is 0.855. The zero-order valence-corrected chi connectivity index (χ0v) is 10.5. The number of unbranched alkanes of at least 4 members (excludes halogenated alkanes) is 1. The van der Waals surface area contributed by atoms with E-state index in [1.54, 1.807) is 0 Å². The highest BCUT2D eigenvalue weighted by atomic mass is 14.5. The standard InChI is InChI=1S/C15H23N/c1-3-6-14-8-10-15(11-9-14)13(2)7-4-5-12-16/h7-11H,3-6,12,16H2,1-2H3/b13-7+. The molecule has 0 bridgehead atoms. The fourth-order valence-corrected chi connectivity index (χ4v) is 1.78. The van der Waals surface area contributed by atoms with Crippen molar-refractivity contribution in [2.24, 2.45) is 5.73 Å². The minimum Gasteiger partial charge on any atom is -0.330 e. The maximum Gasteiger partial charge on any atom is -0.00743 e. The number of aryl methyl sites for hydroxylation is 1. The fourth-order valence-electron chi connectivity index (χ4n) is 1.78. The maximum atomic E-state index is 5.48. The van der Waals surface area contributed by atoms with Crippen LogP contribution in [0.4, 0.5) is 0 Å². The first kappa shape index (κ1) is 13.0. The van der Waals surface area contributed by atoms with E-state index in [1.807, 2.05) is 0 Å². The molecule has 0 amide bonds. The largest absolute Gasteiger partial charge is 0.330 e. The van der Waals surface area contributed by atoms with Gasteiger partial charge in [0.05, 0.1) is 0 Å². The van der Waals surface area contributed by atoms with E-state index in [4.69, 9.17) is 5.73 Å². The summed E-state index contributed by atoms with van der Waals surface area (Å²) in [7, 11) is 0. The molecule has 0 unspecified atom stereocenters. The van der Waals surface area contributed by atoms with Crippen molar-refractivity contribution >= 4 is 5.57 Å². The number of allylic oxidation sites excluding steroid dienone is 2. The zero-order valence-electron chi connectivity index (χ0n) is 10.5. The van der Waals surface area contributed by atoms with Gasteiger partial charge in [-0.2, -0.15) is 0 Å². The third kappa shape index (κ3) is 4.19. The van der Waals surface area contributed by atoms with Crippen LogP contribution in [0.3, 0.4) is 0 Å². The van der Waals surface area contributed by atoms with Crippen LogP contribution >= 0.6 is 0 Å². The van der Waals surface area contributed by atoms with Crippen LogP contribution in [-0.4, -0.2) is 6.54 Å². The molecule has 0 radical (unpaired) electrons. The zero-order chi connectivity index (χ0) is 11.8. The summed E-state index contributed by atoms with van der Waals surface area (Å²) in [5.41, 5.74) is 9.60. The molecule has 0 aromatic heterocycles. The van der Waals surface area contributed by atoms with Crippen LogP contribution in [0.15, 0.2) is 30.3 Å². The van der Waals surface area contributed by atoms with Gasteiger partial charge in [0.25, 0.3) is 0 Å². The van der Waals surface area contributed by atoms with Crippen LogP contribution in [0.2, 0.25) is 0 Å². The molecule has 1 nitrogen and oxygen atoms in total. The highest BCUT2D eigenvalue weighted by molar-refractivity contribution is 5.63. The highest BCUT2D eigenvalue weighted by Crippen LogP contribution is 2.16. The van der Waals surface area contributed by atoms with E-state index in [2.05, 4.69) is 44.2 Å². The van der Waals surface area contributed by atoms with Crippen molar-refractivity contribution in [3.63, 3.8) is 0 Å². The molecule has 0 aliphatic rings. The number of nitrogens with two attached hydrogens (primary N) is 1. The molecule has 0 heterocycles. The number of rotatable bonds is 6. The summed E-state index contributed by atoms with van der Waals surface area (Å²) in [6.07, 6.45) is 6.83. The van der Waals surface area contributed by atoms with Gasteiger partial charge < -0.3 is 5.73 Å². The van der Waals surface area contributed by atoms with Gasteiger partial charge in [-0.25, -0.2) is 0 Å². The predicted molar refractivity (Wildman–Crippen MR) is 72.4 cm³/mol. The van der Waals surface area contributed by atoms with Gasteiger partial charge in [-0.3, -0.25) is 0 Å². The molecule has 2 N–H and O–H groups in total. The Kier molecular flexibility index (Phi) is 5.87. The summed E-state index contributed by atoms with van der Waals surface area (Å²) >= 11 is 0. The van der Waals surface area contributed by atoms with Gasteiger partial charge >= 0.3 is 0 Å². The predicted octanol–water partition coefficient (Wildman–Crippen LogP) is 3.78. The van der Waals surface area contributed by atoms with E-state index in [0.717, 1.165) is 19.4 Å². The van der Waals surface area contributed by atoms with Crippen LogP contribution in [0.5, 0.6) is 0 Å². The van der Waals surface area contributed by atoms with Gasteiger partial charge in [0, 0.05) is 0 Å². The molecular formula is C15H23N. The second kappa shape index (κ2) is 7.24. The smallest absolute Gasteiger partial charge is 0.00743 e. The Labute approximate surface area is 99.4 Å². The Hall–Kier alpha value is -1.08. The molecule has 0 spiro atoms. The average Bonchev–Trinajstić information content (AvgIpc) is 2.30. The van der Waals surface area contributed by atoms with E-state index in [1.165, 1.54) is 29.5 Å². The molecule has 0 fully saturated rings. The van der Waals surface area contributed by atoms with Gasteiger partial charge in [0.15, 0.2) is 0 Å². The van der Waals surface area contributed by atoms with Gasteiger partial charge in [-0.15, -0.1) is 0 Å². The molecule has 1 aromatic rings. The summed E-state index contributed by atoms with van der Waals surface area (Å²) in [5.74, 6) is 0. The Morgan fingerprint density at radius 1 is 1.25 bits per heavy atom. The van der Waals surface area contributed by atoms with Crippen molar-refractivity contribution in [1.82, 2.24) is 0 Å². The van der Waals surface area contributed by atoms with Crippen LogP contribution < -0.4 is 5.73 Å². The second-order valence-corrected chi connectivity index (χ2v) is 4.26. The first-order valence-corrected chi connectivity index (χ1v) is 6.24. The van der Waals surface area contributed by atoms with Crippen molar-refractivity contribution in [1.29, 1.82) is 0 Å². The van der Waals surface area contributed by atoms with Gasteiger partial charge in [-0.05, 0) is 49.4 Å². The lowest BCUT2D eigenvalue weighted by Gasteiger charge is -2.04. The third-order valence-electron chi connectivity index (χ3n) is 2.81. The molecule has 16 heavy (non-hydrogen) atoms. The van der Waals surface area contributed by atoms with E-state index >= 15 is 0 Å². The first-order chi connectivity index (χ1) is 7.77. The maximum absolute atomic E-state index is 5.48. The Morgan fingerprint density at radius 2 is 1.94 bits per heavy atom. The van der Waals surface area contributed by atoms with E-state index in [-0.39, 0.29) is 0 Å². The van der Waals surface area contributed by atoms with Gasteiger partial charge in [0.1, 0.15) is 0 Å². The van der Waals surface area contributed by atoms with Gasteiger partial charge in [-0.1, -0.05) is 43.7 Å². The molecule has 0 saturated carbocycles. The Morgan fingerprint density at radius 3 is 2.50 bits per heavy atom. The fraction of sp³-hybridized carbons (Fsp3) is 0.467. The topological polar surface area (TPSA) is 26.0 Å². The van der Waals surface area contributed by atoms with Crippen molar-refractivity contribution in [3.8, 4) is 0 Å². The van der Waals surface area contributed by atoms with Crippen LogP contribution in [0, 0.1) is 0 Å². The lowest BCUT2D eigenvalue weighted by atomic mass is 10.0.